The van der Waals surface area contributed by atoms with Crippen molar-refractivity contribution in [2.24, 2.45) is 0 Å². The van der Waals surface area contributed by atoms with Crippen LogP contribution in [0.3, 0.4) is 0 Å². The highest BCUT2D eigenvalue weighted by molar-refractivity contribution is 14.1. The average molecular weight is 338 g/mol. The lowest BCUT2D eigenvalue weighted by Crippen LogP contribution is -1.99. The van der Waals surface area contributed by atoms with Gasteiger partial charge in [-0.3, -0.25) is 4.79 Å². The minimum atomic E-state index is -0.0865. The van der Waals surface area contributed by atoms with Gasteiger partial charge in [0.15, 0.2) is 5.43 Å². The highest BCUT2D eigenvalue weighted by Gasteiger charge is 2.13. The lowest BCUT2D eigenvalue weighted by atomic mass is 10.1. The summed E-state index contributed by atoms with van der Waals surface area (Å²) in [5.41, 5.74) is 1.40. The number of hydrogen-bond acceptors (Lipinski definition) is 3. The van der Waals surface area contributed by atoms with Crippen molar-refractivity contribution in [3.8, 4) is 17.1 Å². The zero-order chi connectivity index (χ0) is 12.0. The van der Waals surface area contributed by atoms with Crippen molar-refractivity contribution < 1.29 is 9.52 Å². The Morgan fingerprint density at radius 3 is 2.76 bits per heavy atom. The third kappa shape index (κ3) is 1.68. The van der Waals surface area contributed by atoms with Gasteiger partial charge in [-0.05, 0) is 46.9 Å². The standard InChI is InChI=1S/C13H7IO3/c14-13-9-3-1-7(15)5-11(9)17-12-6-8(16)2-4-10(12)13/h1-6,15H. The van der Waals surface area contributed by atoms with Crippen LogP contribution < -0.4 is 5.43 Å². The fourth-order valence-corrected chi connectivity index (χ4v) is 2.70. The summed E-state index contributed by atoms with van der Waals surface area (Å²) in [6.45, 7) is 0. The average Bonchev–Trinajstić information content (AvgIpc) is 2.28. The van der Waals surface area contributed by atoms with E-state index in [1.54, 1.807) is 24.3 Å². The molecule has 1 aliphatic heterocycles. The topological polar surface area (TPSA) is 50.4 Å². The Morgan fingerprint density at radius 1 is 1.12 bits per heavy atom. The summed E-state index contributed by atoms with van der Waals surface area (Å²) < 4.78 is 6.64. The predicted molar refractivity (Wildman–Crippen MR) is 73.5 cm³/mol. The Hall–Kier alpha value is -1.56. The highest BCUT2D eigenvalue weighted by atomic mass is 127. The molecule has 4 heteroatoms. The number of benzene rings is 2. The van der Waals surface area contributed by atoms with Gasteiger partial charge >= 0.3 is 0 Å². The summed E-state index contributed by atoms with van der Waals surface area (Å²) in [6.07, 6.45) is 0. The molecule has 0 aromatic heterocycles. The molecular weight excluding hydrogens is 331 g/mol. The molecular formula is C13H7IO3. The summed E-state index contributed by atoms with van der Waals surface area (Å²) in [5, 5.41) is 10.3. The van der Waals surface area contributed by atoms with Crippen LogP contribution in [0.2, 0.25) is 0 Å². The molecule has 1 aromatic carbocycles. The monoisotopic (exact) mass is 338 g/mol. The first-order valence-corrected chi connectivity index (χ1v) is 6.08. The van der Waals surface area contributed by atoms with E-state index in [-0.39, 0.29) is 11.2 Å². The molecule has 84 valence electrons. The molecule has 1 aromatic rings. The molecule has 0 atom stereocenters. The number of halogens is 1. The van der Waals surface area contributed by atoms with Gasteiger partial charge in [0.2, 0.25) is 0 Å². The zero-order valence-corrected chi connectivity index (χ0v) is 10.8. The van der Waals surface area contributed by atoms with Crippen molar-refractivity contribution in [3.05, 3.63) is 50.2 Å². The zero-order valence-electron chi connectivity index (χ0n) is 8.61. The SMILES string of the molecule is O=c1ccc2c(I)c3ccc(O)cc3oc-2c1. The van der Waals surface area contributed by atoms with Gasteiger partial charge in [0.25, 0.3) is 0 Å². The molecule has 17 heavy (non-hydrogen) atoms. The van der Waals surface area contributed by atoms with Crippen molar-refractivity contribution in [1.82, 2.24) is 0 Å². The van der Waals surface area contributed by atoms with Crippen LogP contribution in [0.4, 0.5) is 0 Å². The molecule has 0 unspecified atom stereocenters. The largest absolute Gasteiger partial charge is 0.508 e. The van der Waals surface area contributed by atoms with E-state index >= 15 is 0 Å². The van der Waals surface area contributed by atoms with Gasteiger partial charge in [-0.25, -0.2) is 0 Å². The molecule has 0 saturated carbocycles. The molecule has 0 radical (unpaired) electrons. The number of phenols is 1. The normalized spacial score (nSPS) is 11.1. The van der Waals surface area contributed by atoms with Crippen LogP contribution in [-0.4, -0.2) is 5.11 Å². The molecule has 0 bridgehead atoms. The van der Waals surface area contributed by atoms with Crippen LogP contribution in [0, 0.1) is 3.57 Å². The second kappa shape index (κ2) is 3.73. The fourth-order valence-electron chi connectivity index (χ4n) is 1.81. The van der Waals surface area contributed by atoms with E-state index in [0.29, 0.717) is 11.3 Å². The third-order valence-corrected chi connectivity index (χ3v) is 3.77. The summed E-state index contributed by atoms with van der Waals surface area (Å²) in [7, 11) is 0. The lowest BCUT2D eigenvalue weighted by molar-refractivity contribution is 0.474. The Labute approximate surface area is 110 Å². The van der Waals surface area contributed by atoms with Crippen LogP contribution in [0.1, 0.15) is 0 Å². The molecule has 1 aliphatic carbocycles. The first-order chi connectivity index (χ1) is 8.15. The smallest absolute Gasteiger partial charge is 0.182 e. The molecule has 3 nitrogen and oxygen atoms in total. The van der Waals surface area contributed by atoms with E-state index in [1.807, 2.05) is 0 Å². The Morgan fingerprint density at radius 2 is 1.94 bits per heavy atom. The van der Waals surface area contributed by atoms with Gasteiger partial charge in [0.1, 0.15) is 17.1 Å². The minimum absolute atomic E-state index is 0.0865. The fraction of sp³-hybridized carbons (Fsp3) is 0. The quantitative estimate of drug-likeness (QED) is 0.506. The van der Waals surface area contributed by atoms with Crippen LogP contribution in [0.5, 0.6) is 5.75 Å². The van der Waals surface area contributed by atoms with Crippen LogP contribution in [0.15, 0.2) is 45.6 Å². The molecule has 0 fully saturated rings. The number of aromatic hydroxyl groups is 1. The van der Waals surface area contributed by atoms with Gasteiger partial charge in [-0.1, -0.05) is 0 Å². The summed E-state index contributed by atoms with van der Waals surface area (Å²) in [6, 6.07) is 9.71. The third-order valence-electron chi connectivity index (χ3n) is 2.61. The Bertz CT molecular complexity index is 745. The maximum Gasteiger partial charge on any atom is 0.182 e. The maximum absolute atomic E-state index is 11.3. The van der Waals surface area contributed by atoms with E-state index in [4.69, 9.17) is 4.42 Å². The molecule has 2 aliphatic rings. The van der Waals surface area contributed by atoms with E-state index in [2.05, 4.69) is 22.6 Å². The van der Waals surface area contributed by atoms with E-state index in [0.717, 1.165) is 14.5 Å². The number of rotatable bonds is 0. The van der Waals surface area contributed by atoms with Gasteiger partial charge < -0.3 is 9.52 Å². The summed E-state index contributed by atoms with van der Waals surface area (Å²) in [4.78, 5) is 11.3. The molecule has 0 saturated heterocycles. The van der Waals surface area contributed by atoms with Crippen molar-refractivity contribution in [2.45, 2.75) is 0 Å². The Balaban J connectivity index is 2.53. The van der Waals surface area contributed by atoms with Crippen molar-refractivity contribution >= 4 is 33.6 Å². The Kier molecular flexibility index (Phi) is 2.32. The van der Waals surface area contributed by atoms with Gasteiger partial charge in [-0.2, -0.15) is 0 Å². The predicted octanol–water partition coefficient (Wildman–Crippen LogP) is 3.21. The minimum Gasteiger partial charge on any atom is -0.508 e. The first-order valence-electron chi connectivity index (χ1n) is 5.00. The van der Waals surface area contributed by atoms with Crippen molar-refractivity contribution in [2.75, 3.05) is 0 Å². The van der Waals surface area contributed by atoms with Crippen LogP contribution in [0.25, 0.3) is 22.3 Å². The first kappa shape index (κ1) is 10.6. The van der Waals surface area contributed by atoms with Crippen molar-refractivity contribution in [3.63, 3.8) is 0 Å². The molecule has 1 heterocycles. The summed E-state index contributed by atoms with van der Waals surface area (Å²) in [5.74, 6) is 0.690. The van der Waals surface area contributed by atoms with Crippen molar-refractivity contribution in [1.29, 1.82) is 0 Å². The second-order valence-electron chi connectivity index (χ2n) is 3.75. The van der Waals surface area contributed by atoms with Crippen LogP contribution in [-0.2, 0) is 0 Å². The van der Waals surface area contributed by atoms with Crippen LogP contribution >= 0.6 is 22.6 Å². The molecule has 0 amide bonds. The lowest BCUT2D eigenvalue weighted by Gasteiger charge is -2.09. The molecule has 1 N–H and O–H groups in total. The number of fused-ring (bicyclic) bond motifs is 2. The van der Waals surface area contributed by atoms with E-state index < -0.39 is 0 Å². The van der Waals surface area contributed by atoms with Gasteiger partial charge in [-0.15, -0.1) is 0 Å². The van der Waals surface area contributed by atoms with E-state index in [1.165, 1.54) is 12.1 Å². The second-order valence-corrected chi connectivity index (χ2v) is 4.83. The maximum atomic E-state index is 11.3. The summed E-state index contributed by atoms with van der Waals surface area (Å²) >= 11 is 2.22. The number of phenolic OH excluding ortho intramolecular Hbond substituents is 1. The highest BCUT2D eigenvalue weighted by Crippen LogP contribution is 2.34. The molecule has 0 spiro atoms. The number of hydrogen-bond donors (Lipinski definition) is 1. The van der Waals surface area contributed by atoms with Gasteiger partial charge in [0, 0.05) is 26.7 Å². The van der Waals surface area contributed by atoms with E-state index in [9.17, 15) is 9.90 Å². The molecule has 3 rings (SSSR count). The van der Waals surface area contributed by atoms with Gasteiger partial charge in [0.05, 0.1) is 0 Å².